The maximum atomic E-state index is 13.2. The van der Waals surface area contributed by atoms with Gasteiger partial charge in [0.15, 0.2) is 0 Å². The Kier molecular flexibility index (Phi) is 5.29. The number of rotatable bonds is 6. The highest BCUT2D eigenvalue weighted by atomic mass is 32.1. The molecule has 5 rings (SSSR count). The van der Waals surface area contributed by atoms with E-state index in [1.54, 1.807) is 18.3 Å². The van der Waals surface area contributed by atoms with Gasteiger partial charge >= 0.3 is 0 Å². The highest BCUT2D eigenvalue weighted by Gasteiger charge is 2.20. The van der Waals surface area contributed by atoms with Crippen molar-refractivity contribution < 1.29 is 13.9 Å². The monoisotopic (exact) mass is 439 g/mol. The van der Waals surface area contributed by atoms with Crippen LogP contribution in [0.3, 0.4) is 0 Å². The molecule has 0 spiro atoms. The smallest absolute Gasteiger partial charge is 0.266 e. The van der Waals surface area contributed by atoms with Crippen LogP contribution in [-0.2, 0) is 17.8 Å². The number of anilines is 1. The van der Waals surface area contributed by atoms with Crippen molar-refractivity contribution in [3.05, 3.63) is 64.5 Å². The average molecular weight is 440 g/mol. The summed E-state index contributed by atoms with van der Waals surface area (Å²) in [5.74, 6) is 0.665. The van der Waals surface area contributed by atoms with Gasteiger partial charge in [0, 0.05) is 30.5 Å². The Morgan fingerprint density at radius 1 is 1.29 bits per heavy atom. The molecule has 1 atom stereocenters. The van der Waals surface area contributed by atoms with Crippen molar-refractivity contribution >= 4 is 33.3 Å². The molecular weight excluding hydrogens is 417 g/mol. The van der Waals surface area contributed by atoms with Gasteiger partial charge in [0.1, 0.15) is 16.5 Å². The van der Waals surface area contributed by atoms with Crippen LogP contribution in [0, 0.1) is 18.7 Å². The number of carbonyl (C=O) groups excluding carboxylic acids is 1. The fourth-order valence-corrected chi connectivity index (χ4v) is 4.88. The van der Waals surface area contributed by atoms with E-state index >= 15 is 0 Å². The maximum absolute atomic E-state index is 13.2. The van der Waals surface area contributed by atoms with Crippen LogP contribution in [0.4, 0.5) is 10.2 Å². The number of thiophene rings is 1. The average Bonchev–Trinajstić information content (AvgIpc) is 3.53. The number of amides is 1. The van der Waals surface area contributed by atoms with Gasteiger partial charge in [0.25, 0.3) is 5.91 Å². The number of fused-ring (bicyclic) bond motifs is 1. The highest BCUT2D eigenvalue weighted by molar-refractivity contribution is 7.20. The number of benzene rings is 1. The number of hydrogen-bond acceptors (Lipinski definition) is 5. The van der Waals surface area contributed by atoms with Crippen LogP contribution in [0.5, 0.6) is 0 Å². The third-order valence-electron chi connectivity index (χ3n) is 5.49. The zero-order valence-electron chi connectivity index (χ0n) is 17.0. The van der Waals surface area contributed by atoms with Crippen molar-refractivity contribution in [2.24, 2.45) is 5.92 Å². The number of hydrogen-bond donors (Lipinski definition) is 1. The lowest BCUT2D eigenvalue weighted by atomic mass is 10.1. The molecule has 4 aromatic rings. The molecule has 0 saturated carbocycles. The van der Waals surface area contributed by atoms with Gasteiger partial charge in [-0.25, -0.2) is 9.07 Å². The van der Waals surface area contributed by atoms with E-state index in [2.05, 4.69) is 15.5 Å². The molecule has 1 saturated heterocycles. The van der Waals surface area contributed by atoms with Crippen molar-refractivity contribution in [3.63, 3.8) is 0 Å². The quantitative estimate of drug-likeness (QED) is 0.491. The molecule has 4 heterocycles. The van der Waals surface area contributed by atoms with Gasteiger partial charge in [-0.1, -0.05) is 12.1 Å². The zero-order chi connectivity index (χ0) is 21.4. The first-order valence-corrected chi connectivity index (χ1v) is 11.0. The van der Waals surface area contributed by atoms with E-state index in [-0.39, 0.29) is 11.7 Å². The summed E-state index contributed by atoms with van der Waals surface area (Å²) in [6.45, 7) is 4.68. The summed E-state index contributed by atoms with van der Waals surface area (Å²) < 4.78 is 22.3. The highest BCUT2D eigenvalue weighted by Crippen LogP contribution is 2.29. The molecule has 31 heavy (non-hydrogen) atoms. The van der Waals surface area contributed by atoms with Crippen molar-refractivity contribution in [1.82, 2.24) is 19.6 Å². The molecule has 1 aromatic carbocycles. The third kappa shape index (κ3) is 4.11. The summed E-state index contributed by atoms with van der Waals surface area (Å²) in [5, 5.41) is 12.9. The number of nitrogens with zero attached hydrogens (tertiary/aromatic N) is 4. The van der Waals surface area contributed by atoms with Gasteiger partial charge in [0.2, 0.25) is 0 Å². The minimum Gasteiger partial charge on any atom is -0.381 e. The molecule has 1 aliphatic heterocycles. The zero-order valence-corrected chi connectivity index (χ0v) is 17.9. The maximum Gasteiger partial charge on any atom is 0.266 e. The molecule has 0 radical (unpaired) electrons. The van der Waals surface area contributed by atoms with Crippen molar-refractivity contribution in [2.45, 2.75) is 26.4 Å². The lowest BCUT2D eigenvalue weighted by molar-refractivity contribution is 0.102. The standard InChI is InChI=1S/C22H22FN5O2S/c1-14-18-10-19(31-22(18)28(26-14)11-15-2-4-17(23)5-3-15)21(29)25-20-6-8-24-27(20)12-16-7-9-30-13-16/h2-6,8,10,16H,7,9,11-13H2,1H3,(H,25,29)/t16-/m0/s1. The summed E-state index contributed by atoms with van der Waals surface area (Å²) in [6.07, 6.45) is 2.70. The van der Waals surface area contributed by atoms with Crippen LogP contribution in [0.25, 0.3) is 10.2 Å². The van der Waals surface area contributed by atoms with Gasteiger partial charge in [-0.3, -0.25) is 9.48 Å². The SMILES string of the molecule is Cc1nn(Cc2ccc(F)cc2)c2sc(C(=O)Nc3ccnn3C[C@@H]3CCOC3)cc12. The summed E-state index contributed by atoms with van der Waals surface area (Å²) in [4.78, 5) is 14.5. The number of ether oxygens (including phenoxy) is 1. The first-order valence-electron chi connectivity index (χ1n) is 10.2. The minimum atomic E-state index is -0.264. The van der Waals surface area contributed by atoms with E-state index in [0.717, 1.165) is 47.7 Å². The number of aryl methyl sites for hydroxylation is 1. The Bertz CT molecular complexity index is 1220. The van der Waals surface area contributed by atoms with Crippen LogP contribution >= 0.6 is 11.3 Å². The normalized spacial score (nSPS) is 16.3. The second-order valence-electron chi connectivity index (χ2n) is 7.78. The van der Waals surface area contributed by atoms with Crippen molar-refractivity contribution in [3.8, 4) is 0 Å². The first-order chi connectivity index (χ1) is 15.1. The van der Waals surface area contributed by atoms with Crippen LogP contribution < -0.4 is 5.32 Å². The Labute approximate surface area is 182 Å². The topological polar surface area (TPSA) is 74.0 Å². The summed E-state index contributed by atoms with van der Waals surface area (Å²) >= 11 is 1.40. The summed E-state index contributed by atoms with van der Waals surface area (Å²) in [7, 11) is 0. The van der Waals surface area contributed by atoms with E-state index in [1.807, 2.05) is 28.4 Å². The molecule has 1 N–H and O–H groups in total. The number of halogens is 1. The molecule has 1 aliphatic rings. The van der Waals surface area contributed by atoms with E-state index in [4.69, 9.17) is 4.74 Å². The van der Waals surface area contributed by atoms with E-state index in [1.165, 1.54) is 23.5 Å². The number of carbonyl (C=O) groups is 1. The van der Waals surface area contributed by atoms with Crippen molar-refractivity contribution in [2.75, 3.05) is 18.5 Å². The second-order valence-corrected chi connectivity index (χ2v) is 8.81. The Morgan fingerprint density at radius 2 is 2.13 bits per heavy atom. The van der Waals surface area contributed by atoms with Gasteiger partial charge in [-0.15, -0.1) is 11.3 Å². The molecule has 0 unspecified atom stereocenters. The predicted octanol–water partition coefficient (Wildman–Crippen LogP) is 4.08. The lowest BCUT2D eigenvalue weighted by Crippen LogP contribution is -2.18. The van der Waals surface area contributed by atoms with Crippen LogP contribution in [-0.4, -0.2) is 38.7 Å². The first kappa shape index (κ1) is 19.9. The Hall–Kier alpha value is -3.04. The van der Waals surface area contributed by atoms with Crippen LogP contribution in [0.1, 0.15) is 27.3 Å². The molecule has 7 nitrogen and oxygen atoms in total. The summed E-state index contributed by atoms with van der Waals surface area (Å²) in [5.41, 5.74) is 1.81. The van der Waals surface area contributed by atoms with Crippen LogP contribution in [0.2, 0.25) is 0 Å². The predicted molar refractivity (Wildman–Crippen MR) is 117 cm³/mol. The van der Waals surface area contributed by atoms with Gasteiger partial charge < -0.3 is 10.1 Å². The molecule has 160 valence electrons. The van der Waals surface area contributed by atoms with E-state index in [9.17, 15) is 9.18 Å². The van der Waals surface area contributed by atoms with Gasteiger partial charge in [0.05, 0.1) is 29.9 Å². The fourth-order valence-electron chi connectivity index (χ4n) is 3.83. The van der Waals surface area contributed by atoms with Crippen molar-refractivity contribution in [1.29, 1.82) is 0 Å². The molecule has 9 heteroatoms. The van der Waals surface area contributed by atoms with Crippen LogP contribution in [0.15, 0.2) is 42.6 Å². The largest absolute Gasteiger partial charge is 0.381 e. The molecular formula is C22H22FN5O2S. The van der Waals surface area contributed by atoms with Gasteiger partial charge in [-0.2, -0.15) is 10.2 Å². The minimum absolute atomic E-state index is 0.168. The Balaban J connectivity index is 1.35. The van der Waals surface area contributed by atoms with Gasteiger partial charge in [-0.05, 0) is 37.1 Å². The van der Waals surface area contributed by atoms with E-state index in [0.29, 0.717) is 23.2 Å². The molecule has 3 aromatic heterocycles. The molecule has 0 aliphatic carbocycles. The molecule has 1 amide bonds. The fraction of sp³-hybridized carbons (Fsp3) is 0.318. The second kappa shape index (κ2) is 8.24. The summed E-state index contributed by atoms with van der Waals surface area (Å²) in [6, 6.07) is 10.1. The molecule has 0 bridgehead atoms. The van der Waals surface area contributed by atoms with E-state index < -0.39 is 0 Å². The Morgan fingerprint density at radius 3 is 2.90 bits per heavy atom. The lowest BCUT2D eigenvalue weighted by Gasteiger charge is -2.11. The number of nitrogens with one attached hydrogen (secondary N) is 1. The molecule has 1 fully saturated rings. The third-order valence-corrected chi connectivity index (χ3v) is 6.64. The number of aromatic nitrogens is 4.